The Morgan fingerprint density at radius 3 is 2.42 bits per heavy atom. The summed E-state index contributed by atoms with van der Waals surface area (Å²) >= 11 is 12.0. The summed E-state index contributed by atoms with van der Waals surface area (Å²) in [6.45, 7) is 0.690. The molecular formula is C19H16Cl2N2O. The van der Waals surface area contributed by atoms with Crippen LogP contribution in [0.3, 0.4) is 0 Å². The number of ether oxygens (including phenoxy) is 1. The van der Waals surface area contributed by atoms with Crippen LogP contribution in [0.25, 0.3) is 11.1 Å². The smallest absolute Gasteiger partial charge is 0.131 e. The summed E-state index contributed by atoms with van der Waals surface area (Å²) in [5.74, 6) is 1.43. The van der Waals surface area contributed by atoms with Gasteiger partial charge in [-0.05, 0) is 54.6 Å². The van der Waals surface area contributed by atoms with Crippen molar-refractivity contribution in [1.82, 2.24) is 10.3 Å². The molecule has 2 aromatic carbocycles. The predicted octanol–water partition coefficient (Wildman–Crippen LogP) is 5.57. The molecule has 122 valence electrons. The molecule has 0 aliphatic carbocycles. The van der Waals surface area contributed by atoms with Gasteiger partial charge in [0.15, 0.2) is 0 Å². The number of rotatable bonds is 5. The van der Waals surface area contributed by atoms with Gasteiger partial charge in [-0.2, -0.15) is 0 Å². The van der Waals surface area contributed by atoms with Gasteiger partial charge < -0.3 is 10.1 Å². The molecule has 0 aliphatic rings. The SMILES string of the molecule is CNCc1cc(-c2ccncc2)ccc1Oc1ccc(Cl)c(Cl)c1. The van der Waals surface area contributed by atoms with Crippen LogP contribution in [0.5, 0.6) is 11.5 Å². The number of benzene rings is 2. The normalized spacial score (nSPS) is 10.6. The lowest BCUT2D eigenvalue weighted by Crippen LogP contribution is -2.06. The van der Waals surface area contributed by atoms with Gasteiger partial charge in [0.2, 0.25) is 0 Å². The first-order chi connectivity index (χ1) is 11.7. The van der Waals surface area contributed by atoms with E-state index in [1.807, 2.05) is 31.3 Å². The van der Waals surface area contributed by atoms with E-state index in [0.29, 0.717) is 22.3 Å². The molecular weight excluding hydrogens is 343 g/mol. The summed E-state index contributed by atoms with van der Waals surface area (Å²) in [4.78, 5) is 4.06. The van der Waals surface area contributed by atoms with Crippen molar-refractivity contribution in [3.63, 3.8) is 0 Å². The van der Waals surface area contributed by atoms with E-state index in [1.54, 1.807) is 30.6 Å². The predicted molar refractivity (Wildman–Crippen MR) is 99.0 cm³/mol. The first-order valence-corrected chi connectivity index (χ1v) is 8.24. The molecule has 5 heteroatoms. The highest BCUT2D eigenvalue weighted by molar-refractivity contribution is 6.42. The van der Waals surface area contributed by atoms with Gasteiger partial charge in [-0.15, -0.1) is 0 Å². The molecule has 0 unspecified atom stereocenters. The lowest BCUT2D eigenvalue weighted by Gasteiger charge is -2.13. The zero-order valence-electron chi connectivity index (χ0n) is 13.1. The van der Waals surface area contributed by atoms with Crippen molar-refractivity contribution in [3.05, 3.63) is 76.5 Å². The van der Waals surface area contributed by atoms with Crippen molar-refractivity contribution in [2.24, 2.45) is 0 Å². The third kappa shape index (κ3) is 3.88. The van der Waals surface area contributed by atoms with E-state index in [0.717, 1.165) is 22.4 Å². The van der Waals surface area contributed by atoms with Crippen LogP contribution < -0.4 is 10.1 Å². The zero-order chi connectivity index (χ0) is 16.9. The van der Waals surface area contributed by atoms with E-state index in [9.17, 15) is 0 Å². The van der Waals surface area contributed by atoms with Gasteiger partial charge in [-0.1, -0.05) is 29.3 Å². The summed E-state index contributed by atoms with van der Waals surface area (Å²) in [5.41, 5.74) is 3.28. The standard InChI is InChI=1S/C19H16Cl2N2O/c1-22-12-15-10-14(13-6-8-23-9-7-13)2-5-19(15)24-16-3-4-17(20)18(21)11-16/h2-11,22H,12H2,1H3. The first kappa shape index (κ1) is 16.8. The molecule has 0 amide bonds. The van der Waals surface area contributed by atoms with Crippen LogP contribution in [0, 0.1) is 0 Å². The van der Waals surface area contributed by atoms with Crippen molar-refractivity contribution in [1.29, 1.82) is 0 Å². The fourth-order valence-corrected chi connectivity index (χ4v) is 2.69. The molecule has 0 fully saturated rings. The van der Waals surface area contributed by atoms with Gasteiger partial charge in [0.25, 0.3) is 0 Å². The monoisotopic (exact) mass is 358 g/mol. The molecule has 3 rings (SSSR count). The van der Waals surface area contributed by atoms with Crippen LogP contribution in [0.1, 0.15) is 5.56 Å². The van der Waals surface area contributed by atoms with Crippen LogP contribution in [0.2, 0.25) is 10.0 Å². The Balaban J connectivity index is 1.93. The van der Waals surface area contributed by atoms with Gasteiger partial charge in [0.05, 0.1) is 10.0 Å². The highest BCUT2D eigenvalue weighted by Gasteiger charge is 2.09. The maximum Gasteiger partial charge on any atom is 0.131 e. The Morgan fingerprint density at radius 2 is 1.71 bits per heavy atom. The lowest BCUT2D eigenvalue weighted by molar-refractivity contribution is 0.474. The number of nitrogens with zero attached hydrogens (tertiary/aromatic N) is 1. The van der Waals surface area contributed by atoms with Crippen molar-refractivity contribution >= 4 is 23.2 Å². The van der Waals surface area contributed by atoms with Gasteiger partial charge >= 0.3 is 0 Å². The third-order valence-corrected chi connectivity index (χ3v) is 4.30. The fraction of sp³-hybridized carbons (Fsp3) is 0.105. The summed E-state index contributed by atoms with van der Waals surface area (Å²) in [5, 5.41) is 4.15. The first-order valence-electron chi connectivity index (χ1n) is 7.48. The lowest BCUT2D eigenvalue weighted by atomic mass is 10.0. The number of hydrogen-bond acceptors (Lipinski definition) is 3. The summed E-state index contributed by atoms with van der Waals surface area (Å²) in [6, 6.07) is 15.3. The molecule has 0 saturated heterocycles. The van der Waals surface area contributed by atoms with E-state index in [2.05, 4.69) is 16.4 Å². The topological polar surface area (TPSA) is 34.2 Å². The maximum absolute atomic E-state index is 6.06. The van der Waals surface area contributed by atoms with Crippen LogP contribution >= 0.6 is 23.2 Å². The second-order valence-electron chi connectivity index (χ2n) is 5.27. The molecule has 1 aromatic heterocycles. The van der Waals surface area contributed by atoms with E-state index in [1.165, 1.54) is 0 Å². The Morgan fingerprint density at radius 1 is 0.917 bits per heavy atom. The largest absolute Gasteiger partial charge is 0.457 e. The molecule has 0 radical (unpaired) electrons. The highest BCUT2D eigenvalue weighted by Crippen LogP contribution is 2.33. The number of hydrogen-bond donors (Lipinski definition) is 1. The van der Waals surface area contributed by atoms with E-state index in [-0.39, 0.29) is 0 Å². The van der Waals surface area contributed by atoms with Gasteiger partial charge in [-0.25, -0.2) is 0 Å². The van der Waals surface area contributed by atoms with Crippen LogP contribution in [0.15, 0.2) is 60.9 Å². The van der Waals surface area contributed by atoms with Gasteiger partial charge in [0.1, 0.15) is 11.5 Å². The van der Waals surface area contributed by atoms with Crippen LogP contribution in [0.4, 0.5) is 0 Å². The molecule has 0 saturated carbocycles. The Hall–Kier alpha value is -2.07. The summed E-state index contributed by atoms with van der Waals surface area (Å²) in [7, 11) is 1.90. The maximum atomic E-state index is 6.06. The van der Waals surface area contributed by atoms with Crippen LogP contribution in [-0.4, -0.2) is 12.0 Å². The number of pyridine rings is 1. The zero-order valence-corrected chi connectivity index (χ0v) is 14.6. The van der Waals surface area contributed by atoms with Gasteiger partial charge in [0, 0.05) is 30.6 Å². The molecule has 0 spiro atoms. The molecule has 0 bridgehead atoms. The summed E-state index contributed by atoms with van der Waals surface area (Å²) < 4.78 is 5.99. The second kappa shape index (κ2) is 7.67. The van der Waals surface area contributed by atoms with E-state index >= 15 is 0 Å². The quantitative estimate of drug-likeness (QED) is 0.647. The van der Waals surface area contributed by atoms with Crippen molar-refractivity contribution < 1.29 is 4.74 Å². The highest BCUT2D eigenvalue weighted by atomic mass is 35.5. The van der Waals surface area contributed by atoms with E-state index < -0.39 is 0 Å². The molecule has 1 N–H and O–H groups in total. The Bertz CT molecular complexity index is 838. The fourth-order valence-electron chi connectivity index (χ4n) is 2.40. The van der Waals surface area contributed by atoms with Gasteiger partial charge in [-0.3, -0.25) is 4.98 Å². The Labute approximate surface area is 151 Å². The number of aromatic nitrogens is 1. The molecule has 24 heavy (non-hydrogen) atoms. The molecule has 3 aromatic rings. The molecule has 0 aliphatic heterocycles. The second-order valence-corrected chi connectivity index (χ2v) is 6.08. The third-order valence-electron chi connectivity index (χ3n) is 3.56. The van der Waals surface area contributed by atoms with Crippen molar-refractivity contribution in [3.8, 4) is 22.6 Å². The number of halogens is 2. The van der Waals surface area contributed by atoms with Crippen molar-refractivity contribution in [2.75, 3.05) is 7.05 Å². The molecule has 1 heterocycles. The van der Waals surface area contributed by atoms with Crippen LogP contribution in [-0.2, 0) is 6.54 Å². The minimum absolute atomic E-state index is 0.470. The molecule has 3 nitrogen and oxygen atoms in total. The summed E-state index contributed by atoms with van der Waals surface area (Å²) in [6.07, 6.45) is 3.57. The molecule has 0 atom stereocenters. The van der Waals surface area contributed by atoms with Crippen molar-refractivity contribution in [2.45, 2.75) is 6.54 Å². The average Bonchev–Trinajstić information content (AvgIpc) is 2.61. The Kier molecular flexibility index (Phi) is 5.36. The minimum atomic E-state index is 0.470. The minimum Gasteiger partial charge on any atom is -0.457 e. The van der Waals surface area contributed by atoms with E-state index in [4.69, 9.17) is 27.9 Å². The average molecular weight is 359 g/mol. The number of nitrogens with one attached hydrogen (secondary N) is 1.